The van der Waals surface area contributed by atoms with E-state index in [0.717, 1.165) is 18.4 Å². The quantitative estimate of drug-likeness (QED) is 0.789. The normalized spacial score (nSPS) is 16.2. The van der Waals surface area contributed by atoms with Gasteiger partial charge in [0.25, 0.3) is 0 Å². The molecule has 19 heavy (non-hydrogen) atoms. The minimum absolute atomic E-state index is 0.0657. The van der Waals surface area contributed by atoms with Crippen LogP contribution in [0.3, 0.4) is 0 Å². The highest BCUT2D eigenvalue weighted by Crippen LogP contribution is 2.28. The van der Waals surface area contributed by atoms with Crippen molar-refractivity contribution < 1.29 is 9.18 Å². The van der Waals surface area contributed by atoms with Crippen LogP contribution >= 0.6 is 11.6 Å². The zero-order valence-corrected chi connectivity index (χ0v) is 11.6. The van der Waals surface area contributed by atoms with Crippen LogP contribution in [0.2, 0.25) is 5.02 Å². The molecule has 1 atom stereocenters. The third kappa shape index (κ3) is 4.18. The van der Waals surface area contributed by atoms with Crippen LogP contribution in [0.15, 0.2) is 18.2 Å². The summed E-state index contributed by atoms with van der Waals surface area (Å²) in [5, 5.41) is 6.28. The van der Waals surface area contributed by atoms with E-state index in [1.165, 1.54) is 6.07 Å². The Balaban J connectivity index is 1.72. The summed E-state index contributed by atoms with van der Waals surface area (Å²) in [7, 11) is 0. The van der Waals surface area contributed by atoms with Crippen molar-refractivity contribution in [2.75, 3.05) is 13.1 Å². The second-order valence-electron chi connectivity index (χ2n) is 4.91. The Morgan fingerprint density at radius 1 is 1.47 bits per heavy atom. The summed E-state index contributed by atoms with van der Waals surface area (Å²) < 4.78 is 13.0. The first-order valence-corrected chi connectivity index (χ1v) is 6.92. The van der Waals surface area contributed by atoms with Crippen LogP contribution in [0.5, 0.6) is 0 Å². The van der Waals surface area contributed by atoms with E-state index in [4.69, 9.17) is 11.6 Å². The van der Waals surface area contributed by atoms with Gasteiger partial charge in [0.2, 0.25) is 5.91 Å². The topological polar surface area (TPSA) is 41.1 Å². The summed E-state index contributed by atoms with van der Waals surface area (Å²) in [4.78, 5) is 11.4. The minimum Gasteiger partial charge on any atom is -0.355 e. The van der Waals surface area contributed by atoms with E-state index in [1.54, 1.807) is 12.1 Å². The van der Waals surface area contributed by atoms with Crippen molar-refractivity contribution >= 4 is 17.5 Å². The Morgan fingerprint density at radius 2 is 2.21 bits per heavy atom. The number of rotatable bonds is 6. The minimum atomic E-state index is -0.408. The van der Waals surface area contributed by atoms with Crippen LogP contribution in [0.1, 0.15) is 31.4 Å². The van der Waals surface area contributed by atoms with E-state index in [9.17, 15) is 9.18 Å². The van der Waals surface area contributed by atoms with E-state index < -0.39 is 5.82 Å². The molecule has 2 rings (SSSR count). The predicted octanol–water partition coefficient (Wildman–Crippen LogP) is 2.66. The predicted molar refractivity (Wildman–Crippen MR) is 73.6 cm³/mol. The molecule has 1 fully saturated rings. The molecule has 0 heterocycles. The highest BCUT2D eigenvalue weighted by atomic mass is 35.5. The molecular weight excluding hydrogens is 267 g/mol. The van der Waals surface area contributed by atoms with Crippen LogP contribution in [0.25, 0.3) is 0 Å². The average Bonchev–Trinajstić information content (AvgIpc) is 3.21. The zero-order valence-electron chi connectivity index (χ0n) is 10.9. The van der Waals surface area contributed by atoms with Crippen molar-refractivity contribution in [3.8, 4) is 0 Å². The first kappa shape index (κ1) is 14.3. The molecule has 0 bridgehead atoms. The van der Waals surface area contributed by atoms with Gasteiger partial charge >= 0.3 is 0 Å². The van der Waals surface area contributed by atoms with Gasteiger partial charge in [0.1, 0.15) is 5.82 Å². The summed E-state index contributed by atoms with van der Waals surface area (Å²) in [5.41, 5.74) is 0.930. The second kappa shape index (κ2) is 6.35. The summed E-state index contributed by atoms with van der Waals surface area (Å²) in [5.74, 6) is -0.0121. The van der Waals surface area contributed by atoms with Crippen LogP contribution in [-0.4, -0.2) is 19.0 Å². The van der Waals surface area contributed by atoms with Gasteiger partial charge in [-0.05, 0) is 37.5 Å². The molecule has 0 aliphatic heterocycles. The fraction of sp³-hybridized carbons (Fsp3) is 0.500. The van der Waals surface area contributed by atoms with Crippen molar-refractivity contribution in [2.45, 2.75) is 25.8 Å². The Morgan fingerprint density at radius 3 is 2.84 bits per heavy atom. The number of benzene rings is 1. The molecule has 5 heteroatoms. The molecule has 104 valence electrons. The van der Waals surface area contributed by atoms with Gasteiger partial charge in [-0.1, -0.05) is 17.7 Å². The van der Waals surface area contributed by atoms with E-state index in [0.29, 0.717) is 13.1 Å². The summed E-state index contributed by atoms with van der Waals surface area (Å²) in [6.45, 7) is 3.26. The lowest BCUT2D eigenvalue weighted by atomic mass is 10.1. The highest BCUT2D eigenvalue weighted by Gasteiger charge is 2.28. The third-order valence-corrected chi connectivity index (χ3v) is 3.56. The number of hydrogen-bond acceptors (Lipinski definition) is 2. The molecule has 1 aromatic rings. The smallest absolute Gasteiger partial charge is 0.223 e. The van der Waals surface area contributed by atoms with Gasteiger partial charge in [0.15, 0.2) is 0 Å². The van der Waals surface area contributed by atoms with Gasteiger partial charge in [0, 0.05) is 25.0 Å². The molecule has 2 N–H and O–H groups in total. The zero-order chi connectivity index (χ0) is 13.8. The van der Waals surface area contributed by atoms with E-state index in [1.807, 2.05) is 6.92 Å². The number of halogens is 2. The van der Waals surface area contributed by atoms with Crippen molar-refractivity contribution in [3.63, 3.8) is 0 Å². The summed E-state index contributed by atoms with van der Waals surface area (Å²) in [6, 6.07) is 4.76. The highest BCUT2D eigenvalue weighted by molar-refractivity contribution is 6.30. The van der Waals surface area contributed by atoms with Crippen LogP contribution in [0.4, 0.5) is 4.39 Å². The molecule has 1 amide bonds. The molecular formula is C14H18ClFN2O. The Labute approximate surface area is 117 Å². The van der Waals surface area contributed by atoms with Gasteiger partial charge in [-0.3, -0.25) is 4.79 Å². The van der Waals surface area contributed by atoms with Crippen molar-refractivity contribution in [2.24, 2.45) is 5.92 Å². The maximum Gasteiger partial charge on any atom is 0.223 e. The monoisotopic (exact) mass is 284 g/mol. The molecule has 3 nitrogen and oxygen atoms in total. The SMILES string of the molecule is CC(NCCNC(=O)C1CC1)c1ccc(F)c(Cl)c1. The molecule has 0 aromatic heterocycles. The van der Waals surface area contributed by atoms with Crippen LogP contribution < -0.4 is 10.6 Å². The van der Waals surface area contributed by atoms with Gasteiger partial charge in [-0.25, -0.2) is 4.39 Å². The summed E-state index contributed by atoms with van der Waals surface area (Å²) >= 11 is 5.74. The number of hydrogen-bond donors (Lipinski definition) is 2. The Bertz CT molecular complexity index is 463. The van der Waals surface area contributed by atoms with Gasteiger partial charge in [-0.2, -0.15) is 0 Å². The molecule has 1 saturated carbocycles. The maximum absolute atomic E-state index is 13.0. The molecule has 1 aromatic carbocycles. The number of nitrogens with one attached hydrogen (secondary N) is 2. The Hall–Kier alpha value is -1.13. The number of carbonyl (C=O) groups is 1. The molecule has 0 radical (unpaired) electrons. The second-order valence-corrected chi connectivity index (χ2v) is 5.32. The van der Waals surface area contributed by atoms with Crippen molar-refractivity contribution in [3.05, 3.63) is 34.6 Å². The lowest BCUT2D eigenvalue weighted by Gasteiger charge is -2.15. The van der Waals surface area contributed by atoms with E-state index in [2.05, 4.69) is 10.6 Å². The van der Waals surface area contributed by atoms with Crippen molar-refractivity contribution in [1.82, 2.24) is 10.6 Å². The molecule has 1 aliphatic rings. The standard InChI is InChI=1S/C14H18ClFN2O/c1-9(11-4-5-13(16)12(15)8-11)17-6-7-18-14(19)10-2-3-10/h4-5,8-10,17H,2-3,6-7H2,1H3,(H,18,19). The molecule has 1 unspecified atom stereocenters. The van der Waals surface area contributed by atoms with Gasteiger partial charge in [0.05, 0.1) is 5.02 Å². The van der Waals surface area contributed by atoms with Crippen LogP contribution in [0, 0.1) is 11.7 Å². The fourth-order valence-electron chi connectivity index (χ4n) is 1.86. The maximum atomic E-state index is 13.0. The first-order chi connectivity index (χ1) is 9.08. The first-order valence-electron chi connectivity index (χ1n) is 6.54. The molecule has 0 saturated heterocycles. The molecule has 0 spiro atoms. The van der Waals surface area contributed by atoms with E-state index in [-0.39, 0.29) is 22.9 Å². The van der Waals surface area contributed by atoms with E-state index >= 15 is 0 Å². The number of amides is 1. The average molecular weight is 285 g/mol. The van der Waals surface area contributed by atoms with Crippen LogP contribution in [-0.2, 0) is 4.79 Å². The molecule has 1 aliphatic carbocycles. The third-order valence-electron chi connectivity index (χ3n) is 3.27. The summed E-state index contributed by atoms with van der Waals surface area (Å²) in [6.07, 6.45) is 2.04. The lowest BCUT2D eigenvalue weighted by Crippen LogP contribution is -2.33. The lowest BCUT2D eigenvalue weighted by molar-refractivity contribution is -0.122. The van der Waals surface area contributed by atoms with Gasteiger partial charge < -0.3 is 10.6 Å². The Kier molecular flexibility index (Phi) is 4.77. The van der Waals surface area contributed by atoms with Crippen molar-refractivity contribution in [1.29, 1.82) is 0 Å². The van der Waals surface area contributed by atoms with Gasteiger partial charge in [-0.15, -0.1) is 0 Å². The fourth-order valence-corrected chi connectivity index (χ4v) is 2.05. The number of carbonyl (C=O) groups excluding carboxylic acids is 1. The largest absolute Gasteiger partial charge is 0.355 e.